The molecule has 0 aromatic heterocycles. The Morgan fingerprint density at radius 1 is 1.24 bits per heavy atom. The third-order valence-electron chi connectivity index (χ3n) is 4.27. The summed E-state index contributed by atoms with van der Waals surface area (Å²) in [5, 5.41) is 9.40. The van der Waals surface area contributed by atoms with Gasteiger partial charge in [-0.3, -0.25) is 9.59 Å². The first-order valence-electron chi connectivity index (χ1n) is 7.99. The van der Waals surface area contributed by atoms with Gasteiger partial charge in [0, 0.05) is 28.8 Å². The lowest BCUT2D eigenvalue weighted by Crippen LogP contribution is -2.36. The van der Waals surface area contributed by atoms with Gasteiger partial charge in [0.2, 0.25) is 5.91 Å². The van der Waals surface area contributed by atoms with E-state index in [9.17, 15) is 19.1 Å². The normalized spacial score (nSPS) is 17.2. The Bertz CT molecular complexity index is 794. The number of halogens is 1. The van der Waals surface area contributed by atoms with Crippen molar-refractivity contribution in [1.82, 2.24) is 0 Å². The van der Waals surface area contributed by atoms with Crippen molar-refractivity contribution in [2.24, 2.45) is 5.92 Å². The average molecular weight is 359 g/mol. The minimum atomic E-state index is -0.920. The standard InChI is InChI=1S/C19H18FNO3S/c1-12(11-25-14-8-6-13(20)7-9-14)18(22)21-10-16(19(23)24)15-4-2-3-5-17(15)21/h2-9,12,16H,10-11H2,1H3,(H,23,24). The van der Waals surface area contributed by atoms with Crippen LogP contribution >= 0.6 is 11.8 Å². The summed E-state index contributed by atoms with van der Waals surface area (Å²) in [7, 11) is 0. The van der Waals surface area contributed by atoms with E-state index in [-0.39, 0.29) is 24.2 Å². The maximum absolute atomic E-state index is 12.9. The van der Waals surface area contributed by atoms with Crippen LogP contribution in [0.15, 0.2) is 53.4 Å². The van der Waals surface area contributed by atoms with Crippen LogP contribution in [0.5, 0.6) is 0 Å². The van der Waals surface area contributed by atoms with Crippen LogP contribution in [0, 0.1) is 11.7 Å². The molecular formula is C19H18FNO3S. The number of hydrogen-bond donors (Lipinski definition) is 1. The van der Waals surface area contributed by atoms with Crippen molar-refractivity contribution < 1.29 is 19.1 Å². The molecule has 0 bridgehead atoms. The van der Waals surface area contributed by atoms with E-state index in [2.05, 4.69) is 0 Å². The van der Waals surface area contributed by atoms with Gasteiger partial charge >= 0.3 is 5.97 Å². The summed E-state index contributed by atoms with van der Waals surface area (Å²) in [4.78, 5) is 26.7. The molecule has 2 atom stereocenters. The molecule has 1 heterocycles. The Morgan fingerprint density at radius 2 is 1.92 bits per heavy atom. The summed E-state index contributed by atoms with van der Waals surface area (Å²) >= 11 is 1.48. The second kappa shape index (κ2) is 7.27. The maximum Gasteiger partial charge on any atom is 0.312 e. The number of carbonyl (C=O) groups is 2. The molecule has 0 fully saturated rings. The lowest BCUT2D eigenvalue weighted by Gasteiger charge is -2.21. The molecular weight excluding hydrogens is 341 g/mol. The summed E-state index contributed by atoms with van der Waals surface area (Å²) in [6, 6.07) is 13.3. The van der Waals surface area contributed by atoms with Crippen LogP contribution in [-0.4, -0.2) is 29.3 Å². The van der Waals surface area contributed by atoms with E-state index in [0.29, 0.717) is 17.0 Å². The summed E-state index contributed by atoms with van der Waals surface area (Å²) in [5.41, 5.74) is 1.36. The first-order chi connectivity index (χ1) is 12.0. The van der Waals surface area contributed by atoms with Crippen molar-refractivity contribution >= 4 is 29.3 Å². The van der Waals surface area contributed by atoms with Crippen molar-refractivity contribution in [3.05, 3.63) is 59.9 Å². The highest BCUT2D eigenvalue weighted by Crippen LogP contribution is 2.37. The molecule has 2 aromatic rings. The van der Waals surface area contributed by atoms with Crippen LogP contribution in [0.3, 0.4) is 0 Å². The number of amides is 1. The Kier molecular flexibility index (Phi) is 5.08. The van der Waals surface area contributed by atoms with Gasteiger partial charge < -0.3 is 10.0 Å². The zero-order valence-electron chi connectivity index (χ0n) is 13.7. The molecule has 0 saturated carbocycles. The van der Waals surface area contributed by atoms with Crippen LogP contribution < -0.4 is 4.90 Å². The van der Waals surface area contributed by atoms with E-state index in [0.717, 1.165) is 4.90 Å². The highest BCUT2D eigenvalue weighted by atomic mass is 32.2. The van der Waals surface area contributed by atoms with Gasteiger partial charge in [-0.05, 0) is 35.9 Å². The number of fused-ring (bicyclic) bond motifs is 1. The zero-order chi connectivity index (χ0) is 18.0. The SMILES string of the molecule is CC(CSc1ccc(F)cc1)C(=O)N1CC(C(=O)O)c2ccccc21. The second-order valence-electron chi connectivity index (χ2n) is 6.06. The molecule has 0 aliphatic carbocycles. The van der Waals surface area contributed by atoms with E-state index < -0.39 is 11.9 Å². The molecule has 0 radical (unpaired) electrons. The second-order valence-corrected chi connectivity index (χ2v) is 7.16. The number of anilines is 1. The largest absolute Gasteiger partial charge is 0.481 e. The van der Waals surface area contributed by atoms with Crippen molar-refractivity contribution in [1.29, 1.82) is 0 Å². The predicted molar refractivity (Wildman–Crippen MR) is 95.5 cm³/mol. The van der Waals surface area contributed by atoms with Gasteiger partial charge in [0.05, 0.1) is 0 Å². The number of nitrogens with zero attached hydrogens (tertiary/aromatic N) is 1. The lowest BCUT2D eigenvalue weighted by molar-refractivity contribution is -0.138. The molecule has 1 aliphatic heterocycles. The van der Waals surface area contributed by atoms with Crippen molar-refractivity contribution in [3.63, 3.8) is 0 Å². The Balaban J connectivity index is 1.70. The number of carboxylic acids is 1. The number of rotatable bonds is 5. The summed E-state index contributed by atoms with van der Waals surface area (Å²) in [5.74, 6) is -1.72. The van der Waals surface area contributed by atoms with Crippen LogP contribution in [-0.2, 0) is 9.59 Å². The first kappa shape index (κ1) is 17.5. The van der Waals surface area contributed by atoms with Gasteiger partial charge in [0.15, 0.2) is 0 Å². The molecule has 1 N–H and O–H groups in total. The molecule has 130 valence electrons. The monoisotopic (exact) mass is 359 g/mol. The van der Waals surface area contributed by atoms with Crippen molar-refractivity contribution in [3.8, 4) is 0 Å². The molecule has 2 aromatic carbocycles. The van der Waals surface area contributed by atoms with Crippen molar-refractivity contribution in [2.75, 3.05) is 17.2 Å². The molecule has 1 amide bonds. The van der Waals surface area contributed by atoms with E-state index in [4.69, 9.17) is 0 Å². The number of thioether (sulfide) groups is 1. The first-order valence-corrected chi connectivity index (χ1v) is 8.97. The fourth-order valence-corrected chi connectivity index (χ4v) is 3.83. The Labute approximate surface area is 149 Å². The van der Waals surface area contributed by atoms with E-state index >= 15 is 0 Å². The lowest BCUT2D eigenvalue weighted by atomic mass is 10.0. The molecule has 1 aliphatic rings. The number of benzene rings is 2. The summed E-state index contributed by atoms with van der Waals surface area (Å²) in [6.45, 7) is 1.99. The van der Waals surface area contributed by atoms with Gasteiger partial charge in [0.25, 0.3) is 0 Å². The third kappa shape index (κ3) is 3.69. The quantitative estimate of drug-likeness (QED) is 0.826. The van der Waals surface area contributed by atoms with Crippen LogP contribution in [0.25, 0.3) is 0 Å². The van der Waals surface area contributed by atoms with Crippen LogP contribution in [0.1, 0.15) is 18.4 Å². The van der Waals surface area contributed by atoms with E-state index in [1.807, 2.05) is 6.92 Å². The number of para-hydroxylation sites is 1. The fourth-order valence-electron chi connectivity index (χ4n) is 2.92. The average Bonchev–Trinajstić information content (AvgIpc) is 3.00. The number of carboxylic acid groups (broad SMARTS) is 1. The van der Waals surface area contributed by atoms with Crippen LogP contribution in [0.2, 0.25) is 0 Å². The van der Waals surface area contributed by atoms with Crippen molar-refractivity contribution in [2.45, 2.75) is 17.7 Å². The number of aliphatic carboxylic acids is 1. The molecule has 2 unspecified atom stereocenters. The Morgan fingerprint density at radius 3 is 2.60 bits per heavy atom. The molecule has 3 rings (SSSR count). The zero-order valence-corrected chi connectivity index (χ0v) is 14.5. The topological polar surface area (TPSA) is 57.6 Å². The molecule has 0 spiro atoms. The minimum absolute atomic E-state index is 0.0918. The molecule has 6 heteroatoms. The van der Waals surface area contributed by atoms with Crippen LogP contribution in [0.4, 0.5) is 10.1 Å². The molecule has 4 nitrogen and oxygen atoms in total. The highest BCUT2D eigenvalue weighted by Gasteiger charge is 2.37. The van der Waals surface area contributed by atoms with Gasteiger partial charge in [-0.2, -0.15) is 0 Å². The molecule has 0 saturated heterocycles. The number of hydrogen-bond acceptors (Lipinski definition) is 3. The Hall–Kier alpha value is -2.34. The smallest absolute Gasteiger partial charge is 0.312 e. The van der Waals surface area contributed by atoms with Gasteiger partial charge in [-0.25, -0.2) is 4.39 Å². The van der Waals surface area contributed by atoms with Gasteiger partial charge in [0.1, 0.15) is 11.7 Å². The minimum Gasteiger partial charge on any atom is -0.481 e. The highest BCUT2D eigenvalue weighted by molar-refractivity contribution is 7.99. The maximum atomic E-state index is 12.9. The van der Waals surface area contributed by atoms with Gasteiger partial charge in [-0.1, -0.05) is 25.1 Å². The predicted octanol–water partition coefficient (Wildman–Crippen LogP) is 3.77. The third-order valence-corrected chi connectivity index (χ3v) is 5.54. The van der Waals surface area contributed by atoms with E-state index in [1.165, 1.54) is 23.9 Å². The molecule has 25 heavy (non-hydrogen) atoms. The number of carbonyl (C=O) groups excluding carboxylic acids is 1. The summed E-state index contributed by atoms with van der Waals surface area (Å²) < 4.78 is 12.9. The fraction of sp³-hybridized carbons (Fsp3) is 0.263. The summed E-state index contributed by atoms with van der Waals surface area (Å²) in [6.07, 6.45) is 0. The van der Waals surface area contributed by atoms with E-state index in [1.54, 1.807) is 41.3 Å². The van der Waals surface area contributed by atoms with Gasteiger partial charge in [-0.15, -0.1) is 11.8 Å².